The molecule has 1 aliphatic carbocycles. The number of rotatable bonds is 1. The molecule has 0 spiro atoms. The third-order valence-corrected chi connectivity index (χ3v) is 8.41. The standard InChI is InChI=1S/C32H27NO4/c34-23-5-2-4-22(15-23)32-17-21-18-33(30(32)14-20-3-1-6-28(36)31(20)32)12-11-19-7-9-26(29(37)13-19)25-10-8-24(35)16-27(21)25/h1-10,13,15-17,30,34-37H,11-12,14,18H2/t30-,32+/m0/s1. The average molecular weight is 490 g/mol. The van der Waals surface area contributed by atoms with E-state index in [0.717, 1.165) is 63.9 Å². The molecule has 184 valence electrons. The van der Waals surface area contributed by atoms with Crippen molar-refractivity contribution in [2.24, 2.45) is 0 Å². The molecule has 4 aromatic carbocycles. The minimum absolute atomic E-state index is 0.0230. The van der Waals surface area contributed by atoms with E-state index in [1.165, 1.54) is 0 Å². The number of aromatic hydroxyl groups is 4. The molecule has 0 saturated carbocycles. The van der Waals surface area contributed by atoms with Crippen molar-refractivity contribution >= 4 is 5.57 Å². The normalized spacial score (nSPS) is 23.4. The molecule has 8 rings (SSSR count). The fourth-order valence-corrected chi connectivity index (χ4v) is 6.85. The van der Waals surface area contributed by atoms with Crippen molar-refractivity contribution in [2.45, 2.75) is 24.3 Å². The molecule has 0 fully saturated rings. The summed E-state index contributed by atoms with van der Waals surface area (Å²) in [4.78, 5) is 2.46. The lowest BCUT2D eigenvalue weighted by Crippen LogP contribution is -2.52. The zero-order chi connectivity index (χ0) is 25.3. The molecule has 0 radical (unpaired) electrons. The van der Waals surface area contributed by atoms with Gasteiger partial charge in [0.1, 0.15) is 23.0 Å². The van der Waals surface area contributed by atoms with Crippen molar-refractivity contribution in [3.63, 3.8) is 0 Å². The van der Waals surface area contributed by atoms with Gasteiger partial charge in [-0.2, -0.15) is 0 Å². The predicted octanol–water partition coefficient (Wildman–Crippen LogP) is 5.34. The summed E-state index contributed by atoms with van der Waals surface area (Å²) in [6.07, 6.45) is 3.76. The number of hydrogen-bond donors (Lipinski definition) is 4. The number of benzene rings is 4. The van der Waals surface area contributed by atoms with Crippen LogP contribution < -0.4 is 0 Å². The van der Waals surface area contributed by atoms with Crippen LogP contribution in [-0.4, -0.2) is 44.5 Å². The first-order valence-corrected chi connectivity index (χ1v) is 12.7. The number of nitrogens with zero attached hydrogens (tertiary/aromatic N) is 1. The summed E-state index contributed by atoms with van der Waals surface area (Å²) in [6, 6.07) is 24.2. The molecular weight excluding hydrogens is 462 g/mol. The Morgan fingerprint density at radius 1 is 0.730 bits per heavy atom. The van der Waals surface area contributed by atoms with E-state index in [1.54, 1.807) is 30.3 Å². The van der Waals surface area contributed by atoms with Gasteiger partial charge in [-0.15, -0.1) is 0 Å². The highest BCUT2D eigenvalue weighted by atomic mass is 16.3. The molecule has 5 nitrogen and oxygen atoms in total. The predicted molar refractivity (Wildman–Crippen MR) is 143 cm³/mol. The zero-order valence-electron chi connectivity index (χ0n) is 20.2. The smallest absolute Gasteiger partial charge is 0.123 e. The fourth-order valence-electron chi connectivity index (χ4n) is 6.85. The molecule has 3 atom stereocenters. The topological polar surface area (TPSA) is 84.2 Å². The van der Waals surface area contributed by atoms with Crippen LogP contribution in [0.4, 0.5) is 0 Å². The molecule has 37 heavy (non-hydrogen) atoms. The van der Waals surface area contributed by atoms with E-state index < -0.39 is 5.41 Å². The maximum Gasteiger partial charge on any atom is 0.123 e. The van der Waals surface area contributed by atoms with Crippen molar-refractivity contribution in [1.29, 1.82) is 0 Å². The Kier molecular flexibility index (Phi) is 4.69. The quantitative estimate of drug-likeness (QED) is 0.290. The van der Waals surface area contributed by atoms with Crippen LogP contribution in [0.3, 0.4) is 0 Å². The van der Waals surface area contributed by atoms with Crippen LogP contribution in [0.2, 0.25) is 0 Å². The number of hydrogen-bond acceptors (Lipinski definition) is 5. The van der Waals surface area contributed by atoms with Crippen molar-refractivity contribution in [3.8, 4) is 34.1 Å². The summed E-state index contributed by atoms with van der Waals surface area (Å²) in [6.45, 7) is 1.42. The second-order valence-corrected chi connectivity index (χ2v) is 10.4. The van der Waals surface area contributed by atoms with Gasteiger partial charge in [0, 0.05) is 30.3 Å². The lowest BCUT2D eigenvalue weighted by atomic mass is 9.68. The van der Waals surface area contributed by atoms with E-state index in [-0.39, 0.29) is 29.0 Å². The van der Waals surface area contributed by atoms with Crippen molar-refractivity contribution in [2.75, 3.05) is 13.1 Å². The second kappa shape index (κ2) is 7.89. The first-order valence-electron chi connectivity index (χ1n) is 12.7. The number of phenolic OH excluding ortho intramolecular Hbond substituents is 4. The maximum atomic E-state index is 11.3. The molecule has 1 unspecified atom stereocenters. The second-order valence-electron chi connectivity index (χ2n) is 10.4. The minimum atomic E-state index is -0.707. The summed E-state index contributed by atoms with van der Waals surface area (Å²) in [5.41, 5.74) is 6.64. The van der Waals surface area contributed by atoms with Crippen LogP contribution in [0.5, 0.6) is 23.0 Å². The van der Waals surface area contributed by atoms with Crippen LogP contribution >= 0.6 is 0 Å². The van der Waals surface area contributed by atoms with E-state index in [2.05, 4.69) is 23.1 Å². The van der Waals surface area contributed by atoms with E-state index >= 15 is 0 Å². The third-order valence-electron chi connectivity index (χ3n) is 8.41. The first-order chi connectivity index (χ1) is 17.9. The Bertz CT molecular complexity index is 1610. The van der Waals surface area contributed by atoms with Gasteiger partial charge < -0.3 is 20.4 Å². The maximum absolute atomic E-state index is 11.3. The molecule has 0 saturated heterocycles. The van der Waals surface area contributed by atoms with Gasteiger partial charge in [0.15, 0.2) is 0 Å². The third kappa shape index (κ3) is 3.20. The van der Waals surface area contributed by atoms with Gasteiger partial charge in [-0.05, 0) is 88.7 Å². The van der Waals surface area contributed by atoms with Crippen molar-refractivity contribution < 1.29 is 20.4 Å². The van der Waals surface area contributed by atoms with E-state index in [1.807, 2.05) is 36.4 Å². The van der Waals surface area contributed by atoms with E-state index in [9.17, 15) is 20.4 Å². The molecule has 4 bridgehead atoms. The summed E-state index contributed by atoms with van der Waals surface area (Å²) < 4.78 is 0. The minimum Gasteiger partial charge on any atom is -0.508 e. The highest BCUT2D eigenvalue weighted by Crippen LogP contribution is 2.55. The Morgan fingerprint density at radius 2 is 1.54 bits per heavy atom. The van der Waals surface area contributed by atoms with Crippen LogP contribution in [0.15, 0.2) is 84.9 Å². The zero-order valence-corrected chi connectivity index (χ0v) is 20.2. The van der Waals surface area contributed by atoms with Gasteiger partial charge in [0.25, 0.3) is 0 Å². The molecule has 0 amide bonds. The van der Waals surface area contributed by atoms with Crippen LogP contribution in [0.25, 0.3) is 16.7 Å². The lowest BCUT2D eigenvalue weighted by molar-refractivity contribution is 0.176. The van der Waals surface area contributed by atoms with Gasteiger partial charge in [-0.3, -0.25) is 4.90 Å². The molecule has 3 aliphatic heterocycles. The molecule has 5 heteroatoms. The average Bonchev–Trinajstić information content (AvgIpc) is 3.23. The fraction of sp³-hybridized carbons (Fsp3) is 0.188. The lowest BCUT2D eigenvalue weighted by Gasteiger charge is -2.46. The molecular formula is C32H27NO4. The molecule has 4 aliphatic rings. The van der Waals surface area contributed by atoms with Gasteiger partial charge in [0.05, 0.1) is 5.41 Å². The highest BCUT2D eigenvalue weighted by Gasteiger charge is 2.53. The Labute approximate surface area is 215 Å². The summed E-state index contributed by atoms with van der Waals surface area (Å²) in [5, 5.41) is 43.3. The Morgan fingerprint density at radius 3 is 2.38 bits per heavy atom. The summed E-state index contributed by atoms with van der Waals surface area (Å²) in [7, 11) is 0. The van der Waals surface area contributed by atoms with E-state index in [4.69, 9.17) is 0 Å². The SMILES string of the molecule is Oc1cccc([C@]23C=C4CN(CCc5ccc(c(O)c5)-c5ccc(O)cc54)[C@H]2Cc2cccc(O)c23)c1. The van der Waals surface area contributed by atoms with Gasteiger partial charge in [-0.1, -0.05) is 42.5 Å². The summed E-state index contributed by atoms with van der Waals surface area (Å²) >= 11 is 0. The van der Waals surface area contributed by atoms with Crippen molar-refractivity contribution in [1.82, 2.24) is 4.90 Å². The number of fused-ring (bicyclic) bond motifs is 6. The van der Waals surface area contributed by atoms with Gasteiger partial charge in [0.2, 0.25) is 0 Å². The van der Waals surface area contributed by atoms with Gasteiger partial charge in [-0.25, -0.2) is 0 Å². The summed E-state index contributed by atoms with van der Waals surface area (Å²) in [5.74, 6) is 0.800. The van der Waals surface area contributed by atoms with Crippen LogP contribution in [0.1, 0.15) is 27.8 Å². The monoisotopic (exact) mass is 489 g/mol. The Hall–Kier alpha value is -4.22. The molecule has 4 N–H and O–H groups in total. The highest BCUT2D eigenvalue weighted by molar-refractivity contribution is 5.87. The molecule has 0 aromatic heterocycles. The largest absolute Gasteiger partial charge is 0.508 e. The Balaban J connectivity index is 1.58. The van der Waals surface area contributed by atoms with Crippen LogP contribution in [0, 0.1) is 0 Å². The molecule has 3 heterocycles. The van der Waals surface area contributed by atoms with Crippen LogP contribution in [-0.2, 0) is 18.3 Å². The van der Waals surface area contributed by atoms with Gasteiger partial charge >= 0.3 is 0 Å². The molecule has 4 aromatic rings. The number of phenols is 4. The van der Waals surface area contributed by atoms with Crippen molar-refractivity contribution in [3.05, 3.63) is 113 Å². The van der Waals surface area contributed by atoms with E-state index in [0.29, 0.717) is 6.54 Å². The first kappa shape index (κ1) is 22.0.